The number of halogens is 3. The number of pyridine rings is 1. The van der Waals surface area contributed by atoms with Gasteiger partial charge in [-0.05, 0) is 39.8 Å². The third kappa shape index (κ3) is 4.28. The van der Waals surface area contributed by atoms with Crippen LogP contribution >= 0.6 is 0 Å². The van der Waals surface area contributed by atoms with E-state index >= 15 is 0 Å². The minimum atomic E-state index is -4.54. The first-order valence-corrected chi connectivity index (χ1v) is 8.07. The van der Waals surface area contributed by atoms with Gasteiger partial charge in [-0.2, -0.15) is 17.6 Å². The molecule has 0 bridgehead atoms. The summed E-state index contributed by atoms with van der Waals surface area (Å²) in [7, 11) is -1.48. The van der Waals surface area contributed by atoms with Crippen LogP contribution in [0.3, 0.4) is 0 Å². The molecule has 0 fully saturated rings. The summed E-state index contributed by atoms with van der Waals surface area (Å²) in [4.78, 5) is 3.30. The van der Waals surface area contributed by atoms with Gasteiger partial charge in [0.2, 0.25) is 0 Å². The molecule has 0 aliphatic rings. The van der Waals surface area contributed by atoms with Gasteiger partial charge in [0.25, 0.3) is 0 Å². The topological polar surface area (TPSA) is 68.3 Å². The first-order chi connectivity index (χ1) is 11.0. The molecule has 0 spiro atoms. The molecule has 0 amide bonds. The molecule has 24 heavy (non-hydrogen) atoms. The minimum absolute atomic E-state index is 0.217. The molecule has 5 nitrogen and oxygen atoms in total. The number of hydrogen-bond acceptors (Lipinski definition) is 4. The molecule has 0 aromatic carbocycles. The lowest BCUT2D eigenvalue weighted by atomic mass is 10.1. The average molecular weight is 359 g/mol. The van der Waals surface area contributed by atoms with E-state index in [1.165, 1.54) is 12.1 Å². The molecule has 9 heteroatoms. The van der Waals surface area contributed by atoms with Crippen molar-refractivity contribution in [3.8, 4) is 11.3 Å². The fourth-order valence-corrected chi connectivity index (χ4v) is 2.25. The van der Waals surface area contributed by atoms with Crippen molar-refractivity contribution in [3.05, 3.63) is 35.9 Å². The summed E-state index contributed by atoms with van der Waals surface area (Å²) in [5.41, 5.74) is -0.220. The molecular formula is C15H16F3N3O2S. The maximum atomic E-state index is 12.7. The second-order valence-corrected chi connectivity index (χ2v) is 7.95. The van der Waals surface area contributed by atoms with E-state index in [-0.39, 0.29) is 17.0 Å². The molecule has 1 atom stereocenters. The first-order valence-electron chi connectivity index (χ1n) is 6.96. The van der Waals surface area contributed by atoms with Crippen molar-refractivity contribution >= 4 is 16.7 Å². The molecular weight excluding hydrogens is 343 g/mol. The van der Waals surface area contributed by atoms with Gasteiger partial charge in [0.05, 0.1) is 10.5 Å². The minimum Gasteiger partial charge on any atom is -0.354 e. The smallest absolute Gasteiger partial charge is 0.354 e. The summed E-state index contributed by atoms with van der Waals surface area (Å²) in [6.45, 7) is 6.94. The van der Waals surface area contributed by atoms with Crippen LogP contribution in [-0.4, -0.2) is 24.8 Å². The van der Waals surface area contributed by atoms with E-state index in [1.807, 2.05) is 0 Å². The van der Waals surface area contributed by atoms with Crippen LogP contribution in [0.1, 0.15) is 39.1 Å². The molecule has 2 aromatic rings. The van der Waals surface area contributed by atoms with Crippen molar-refractivity contribution in [1.82, 2.24) is 10.1 Å². The Morgan fingerprint density at radius 1 is 1.25 bits per heavy atom. The van der Waals surface area contributed by atoms with Gasteiger partial charge in [0, 0.05) is 17.8 Å². The molecule has 0 saturated carbocycles. The van der Waals surface area contributed by atoms with Gasteiger partial charge < -0.3 is 4.52 Å². The molecule has 2 rings (SSSR count). The summed E-state index contributed by atoms with van der Waals surface area (Å²) in [5.74, 6) is 0.243. The van der Waals surface area contributed by atoms with E-state index in [9.17, 15) is 17.4 Å². The summed E-state index contributed by atoms with van der Waals surface area (Å²) in [5, 5.41) is 3.75. The van der Waals surface area contributed by atoms with Crippen molar-refractivity contribution in [1.29, 1.82) is 0 Å². The first kappa shape index (κ1) is 18.3. The Kier molecular flexibility index (Phi) is 4.93. The van der Waals surface area contributed by atoms with Gasteiger partial charge in [-0.3, -0.25) is 4.98 Å². The second kappa shape index (κ2) is 6.46. The maximum Gasteiger partial charge on any atom is 0.433 e. The van der Waals surface area contributed by atoms with E-state index in [0.717, 1.165) is 12.3 Å². The van der Waals surface area contributed by atoms with Crippen molar-refractivity contribution in [2.75, 3.05) is 0 Å². The van der Waals surface area contributed by atoms with E-state index in [2.05, 4.69) is 14.5 Å². The summed E-state index contributed by atoms with van der Waals surface area (Å²) < 4.78 is 58.8. The standard InChI is InChI=1S/C15H16F3N3O2S/c1-9(21-24(22)14(2,3)4)12-8-11(20-23-12)10-5-6-19-13(7-10)15(16,17)18/h5-8H,1-4H3/b21-9+/t24-/m1/s1. The normalized spacial score (nSPS) is 14.7. The SMILES string of the molecule is C/C(=N\[S@](=O)C(C)(C)C)c1cc(-c2ccnc(C(F)(F)F)c2)no1. The molecule has 0 unspecified atom stereocenters. The fraction of sp³-hybridized carbons (Fsp3) is 0.400. The molecule has 0 aliphatic carbocycles. The van der Waals surface area contributed by atoms with Crippen LogP contribution in [0.5, 0.6) is 0 Å². The highest BCUT2D eigenvalue weighted by atomic mass is 32.2. The lowest BCUT2D eigenvalue weighted by Gasteiger charge is -2.13. The van der Waals surface area contributed by atoms with Gasteiger partial charge in [-0.25, -0.2) is 4.21 Å². The van der Waals surface area contributed by atoms with Crippen LogP contribution in [0.25, 0.3) is 11.3 Å². The third-order valence-electron chi connectivity index (χ3n) is 2.96. The van der Waals surface area contributed by atoms with Crippen molar-refractivity contribution < 1.29 is 21.9 Å². The molecule has 0 radical (unpaired) electrons. The zero-order valence-electron chi connectivity index (χ0n) is 13.5. The van der Waals surface area contributed by atoms with Crippen LogP contribution in [0.2, 0.25) is 0 Å². The predicted octanol–water partition coefficient (Wildman–Crippen LogP) is 4.03. The fourth-order valence-electron chi connectivity index (χ4n) is 1.63. The molecule has 2 heterocycles. The monoisotopic (exact) mass is 359 g/mol. The highest BCUT2D eigenvalue weighted by Crippen LogP contribution is 2.30. The lowest BCUT2D eigenvalue weighted by Crippen LogP contribution is -2.20. The molecule has 0 aliphatic heterocycles. The summed E-state index contributed by atoms with van der Waals surface area (Å²) in [6, 6.07) is 3.74. The highest BCUT2D eigenvalue weighted by Gasteiger charge is 2.32. The predicted molar refractivity (Wildman–Crippen MR) is 84.8 cm³/mol. The van der Waals surface area contributed by atoms with E-state index < -0.39 is 27.6 Å². The van der Waals surface area contributed by atoms with E-state index in [4.69, 9.17) is 4.52 Å². The number of hydrogen-bond donors (Lipinski definition) is 0. The van der Waals surface area contributed by atoms with Crippen LogP contribution in [0, 0.1) is 0 Å². The van der Waals surface area contributed by atoms with Crippen molar-refractivity contribution in [2.24, 2.45) is 4.40 Å². The third-order valence-corrected chi connectivity index (χ3v) is 4.44. The van der Waals surface area contributed by atoms with Crippen LogP contribution in [0.4, 0.5) is 13.2 Å². The van der Waals surface area contributed by atoms with Gasteiger partial charge in [0.1, 0.15) is 22.4 Å². The number of rotatable bonds is 3. The average Bonchev–Trinajstić information content (AvgIpc) is 2.95. The Balaban J connectivity index is 2.32. The van der Waals surface area contributed by atoms with Crippen LogP contribution in [-0.2, 0) is 17.2 Å². The quantitative estimate of drug-likeness (QED) is 0.776. The van der Waals surface area contributed by atoms with Gasteiger partial charge in [0.15, 0.2) is 5.76 Å². The van der Waals surface area contributed by atoms with Gasteiger partial charge in [-0.1, -0.05) is 5.16 Å². The largest absolute Gasteiger partial charge is 0.433 e. The maximum absolute atomic E-state index is 12.7. The Morgan fingerprint density at radius 3 is 2.50 bits per heavy atom. The number of aromatic nitrogens is 2. The molecule has 0 saturated heterocycles. The van der Waals surface area contributed by atoms with Crippen LogP contribution in [0.15, 0.2) is 33.3 Å². The second-order valence-electron chi connectivity index (χ2n) is 6.04. The van der Waals surface area contributed by atoms with Crippen LogP contribution < -0.4 is 0 Å². The Hall–Kier alpha value is -2.03. The zero-order chi connectivity index (χ0) is 18.1. The Bertz CT molecular complexity index is 792. The van der Waals surface area contributed by atoms with E-state index in [1.54, 1.807) is 27.7 Å². The molecule has 130 valence electrons. The van der Waals surface area contributed by atoms with Crippen molar-refractivity contribution in [2.45, 2.75) is 38.6 Å². The Morgan fingerprint density at radius 2 is 1.92 bits per heavy atom. The lowest BCUT2D eigenvalue weighted by molar-refractivity contribution is -0.141. The summed E-state index contributed by atoms with van der Waals surface area (Å²) in [6.07, 6.45) is -3.48. The molecule has 0 N–H and O–H groups in total. The highest BCUT2D eigenvalue weighted by molar-refractivity contribution is 7.85. The Labute approximate surface area is 139 Å². The van der Waals surface area contributed by atoms with Gasteiger partial charge >= 0.3 is 6.18 Å². The summed E-state index contributed by atoms with van der Waals surface area (Å²) >= 11 is 0. The zero-order valence-corrected chi connectivity index (χ0v) is 14.3. The number of alkyl halides is 3. The number of nitrogens with zero attached hydrogens (tertiary/aromatic N) is 3. The van der Waals surface area contributed by atoms with Crippen molar-refractivity contribution in [3.63, 3.8) is 0 Å². The van der Waals surface area contributed by atoms with Gasteiger partial charge in [-0.15, -0.1) is 0 Å². The molecule has 2 aromatic heterocycles. The van der Waals surface area contributed by atoms with E-state index in [0.29, 0.717) is 5.71 Å².